The van der Waals surface area contributed by atoms with Crippen LogP contribution in [0.2, 0.25) is 0 Å². The largest absolute Gasteiger partial charge is 0.462 e. The Balaban J connectivity index is 2.41. The van der Waals surface area contributed by atoms with E-state index in [4.69, 9.17) is 17.0 Å². The molecule has 104 valence electrons. The summed E-state index contributed by atoms with van der Waals surface area (Å²) in [5, 5.41) is 12.1. The molecule has 0 spiro atoms. The molecule has 1 aromatic carbocycles. The van der Waals surface area contributed by atoms with Crippen LogP contribution in [-0.4, -0.2) is 19.8 Å². The van der Waals surface area contributed by atoms with E-state index in [-0.39, 0.29) is 11.6 Å². The van der Waals surface area contributed by atoms with Crippen molar-refractivity contribution in [1.82, 2.24) is 9.55 Å². The second-order valence-corrected chi connectivity index (χ2v) is 4.89. The molecule has 8 heteroatoms. The van der Waals surface area contributed by atoms with E-state index in [9.17, 15) is 10.1 Å². The summed E-state index contributed by atoms with van der Waals surface area (Å²) >= 11 is 9.34. The number of hydrogen-bond acceptors (Lipinski definition) is 6. The highest BCUT2D eigenvalue weighted by Crippen LogP contribution is 2.31. The van der Waals surface area contributed by atoms with Crippen molar-refractivity contribution in [3.05, 3.63) is 52.5 Å². The fourth-order valence-electron chi connectivity index (χ4n) is 1.69. The highest BCUT2D eigenvalue weighted by Gasteiger charge is 2.37. The molecule has 0 radical (unpaired) electrons. The quantitative estimate of drug-likeness (QED) is 0.302. The van der Waals surface area contributed by atoms with Crippen LogP contribution in [0, 0.1) is 10.1 Å². The second-order valence-electron chi connectivity index (χ2n) is 3.99. The molecule has 0 fully saturated rings. The SMILES string of the molecule is Cn1c([N+](=O)[O-])cnc1C(S)(C=S)Oc1ccccc1. The standard InChI is InChI=1S/C12H11N3O3S2/c1-14-10(15(16)17)7-13-11(14)12(20,8-19)18-9-5-3-2-4-6-9/h2-8,20H,1H3. The molecule has 1 aromatic heterocycles. The van der Waals surface area contributed by atoms with Crippen LogP contribution in [0.25, 0.3) is 0 Å². The zero-order valence-corrected chi connectivity index (χ0v) is 12.2. The van der Waals surface area contributed by atoms with E-state index in [1.165, 1.54) is 17.0 Å². The summed E-state index contributed by atoms with van der Waals surface area (Å²) in [6.07, 6.45) is 1.15. The first-order valence-corrected chi connectivity index (χ1v) is 6.49. The molecule has 6 nitrogen and oxygen atoms in total. The third-order valence-electron chi connectivity index (χ3n) is 2.65. The number of nitrogens with zero attached hydrogens (tertiary/aromatic N) is 3. The fraction of sp³-hybridized carbons (Fsp3) is 0.167. The number of nitro groups is 1. The first-order chi connectivity index (χ1) is 9.48. The third-order valence-corrected chi connectivity index (χ3v) is 3.57. The average Bonchev–Trinajstić information content (AvgIpc) is 2.82. The van der Waals surface area contributed by atoms with Crippen molar-refractivity contribution >= 4 is 36.0 Å². The van der Waals surface area contributed by atoms with Crippen LogP contribution < -0.4 is 4.74 Å². The maximum absolute atomic E-state index is 10.9. The van der Waals surface area contributed by atoms with Crippen molar-refractivity contribution in [2.75, 3.05) is 0 Å². The molecular formula is C12H11N3O3S2. The lowest BCUT2D eigenvalue weighted by Crippen LogP contribution is -2.31. The fourth-order valence-corrected chi connectivity index (χ4v) is 2.16. The van der Waals surface area contributed by atoms with Gasteiger partial charge in [0.2, 0.25) is 0 Å². The number of benzene rings is 1. The van der Waals surface area contributed by atoms with Crippen molar-refractivity contribution < 1.29 is 9.66 Å². The summed E-state index contributed by atoms with van der Waals surface area (Å²) in [4.78, 5) is 13.0. The van der Waals surface area contributed by atoms with Gasteiger partial charge in [-0.25, -0.2) is 9.55 Å². The van der Waals surface area contributed by atoms with Crippen molar-refractivity contribution in [1.29, 1.82) is 0 Å². The summed E-state index contributed by atoms with van der Waals surface area (Å²) in [6.45, 7) is 0. The van der Waals surface area contributed by atoms with E-state index in [0.29, 0.717) is 5.75 Å². The van der Waals surface area contributed by atoms with E-state index in [0.717, 1.165) is 6.20 Å². The van der Waals surface area contributed by atoms with E-state index in [2.05, 4.69) is 17.6 Å². The van der Waals surface area contributed by atoms with Crippen molar-refractivity contribution in [2.24, 2.45) is 7.05 Å². The summed E-state index contributed by atoms with van der Waals surface area (Å²) in [5.41, 5.74) is 0. The molecule has 0 saturated carbocycles. The van der Waals surface area contributed by atoms with Gasteiger partial charge in [-0.3, -0.25) is 0 Å². The van der Waals surface area contributed by atoms with Crippen LogP contribution in [0.15, 0.2) is 36.5 Å². The van der Waals surface area contributed by atoms with E-state index in [1.807, 2.05) is 6.07 Å². The average molecular weight is 309 g/mol. The number of para-hydroxylation sites is 1. The molecular weight excluding hydrogens is 298 g/mol. The Labute approximate surface area is 126 Å². The molecule has 2 rings (SSSR count). The Bertz CT molecular complexity index is 645. The van der Waals surface area contributed by atoms with E-state index < -0.39 is 9.86 Å². The molecule has 0 saturated heterocycles. The van der Waals surface area contributed by atoms with Gasteiger partial charge >= 0.3 is 5.82 Å². The summed E-state index contributed by atoms with van der Waals surface area (Å²) in [5.74, 6) is 0.618. The van der Waals surface area contributed by atoms with Crippen LogP contribution in [0.4, 0.5) is 5.82 Å². The van der Waals surface area contributed by atoms with E-state index in [1.54, 1.807) is 24.3 Å². The molecule has 0 aliphatic rings. The van der Waals surface area contributed by atoms with Gasteiger partial charge in [0.1, 0.15) is 11.9 Å². The van der Waals surface area contributed by atoms with Gasteiger partial charge in [-0.2, -0.15) is 0 Å². The number of rotatable bonds is 5. The lowest BCUT2D eigenvalue weighted by Gasteiger charge is -2.22. The second kappa shape index (κ2) is 5.59. The smallest absolute Gasteiger partial charge is 0.342 e. The number of thiol groups is 1. The number of imidazole rings is 1. The van der Waals surface area contributed by atoms with Crippen LogP contribution in [0.3, 0.4) is 0 Å². The topological polar surface area (TPSA) is 70.2 Å². The van der Waals surface area contributed by atoms with Crippen molar-refractivity contribution in [2.45, 2.75) is 4.93 Å². The number of aromatic nitrogens is 2. The Morgan fingerprint density at radius 2 is 2.15 bits per heavy atom. The molecule has 0 aliphatic carbocycles. The number of hydrogen-bond donors (Lipinski definition) is 1. The normalized spacial score (nSPS) is 13.5. The zero-order chi connectivity index (χ0) is 14.8. The lowest BCUT2D eigenvalue weighted by atomic mass is 10.3. The predicted molar refractivity (Wildman–Crippen MR) is 81.3 cm³/mol. The number of ether oxygens (including phenoxy) is 1. The lowest BCUT2D eigenvalue weighted by molar-refractivity contribution is -0.391. The highest BCUT2D eigenvalue weighted by atomic mass is 32.1. The van der Waals surface area contributed by atoms with Gasteiger partial charge in [0, 0.05) is 5.37 Å². The minimum Gasteiger partial charge on any atom is -0.462 e. The Kier molecular flexibility index (Phi) is 4.05. The van der Waals surface area contributed by atoms with Crippen LogP contribution in [-0.2, 0) is 12.0 Å². The zero-order valence-electron chi connectivity index (χ0n) is 10.5. The maximum atomic E-state index is 10.9. The van der Waals surface area contributed by atoms with Gasteiger partial charge in [-0.15, -0.1) is 12.6 Å². The molecule has 1 unspecified atom stereocenters. The minimum atomic E-state index is -1.33. The van der Waals surface area contributed by atoms with Gasteiger partial charge in [-0.1, -0.05) is 30.4 Å². The molecule has 0 bridgehead atoms. The molecule has 20 heavy (non-hydrogen) atoms. The molecule has 0 amide bonds. The first kappa shape index (κ1) is 14.5. The molecule has 2 aromatic rings. The van der Waals surface area contributed by atoms with Gasteiger partial charge in [0.25, 0.3) is 10.8 Å². The Hall–Kier alpha value is -1.93. The van der Waals surface area contributed by atoms with Gasteiger partial charge in [0.05, 0.1) is 7.05 Å². The Morgan fingerprint density at radius 3 is 2.65 bits per heavy atom. The Morgan fingerprint density at radius 1 is 1.50 bits per heavy atom. The highest BCUT2D eigenvalue weighted by molar-refractivity contribution is 7.86. The molecule has 1 heterocycles. The number of thiocarbonyl (C=S) groups is 1. The summed E-state index contributed by atoms with van der Waals surface area (Å²) in [7, 11) is 1.51. The van der Waals surface area contributed by atoms with Gasteiger partial charge in [-0.05, 0) is 17.1 Å². The first-order valence-electron chi connectivity index (χ1n) is 5.57. The van der Waals surface area contributed by atoms with Crippen molar-refractivity contribution in [3.8, 4) is 5.75 Å². The minimum absolute atomic E-state index is 0.160. The van der Waals surface area contributed by atoms with Crippen LogP contribution in [0.5, 0.6) is 5.75 Å². The van der Waals surface area contributed by atoms with Gasteiger partial charge in [0.15, 0.2) is 0 Å². The maximum Gasteiger partial charge on any atom is 0.342 e. The monoisotopic (exact) mass is 309 g/mol. The molecule has 0 aliphatic heterocycles. The van der Waals surface area contributed by atoms with E-state index >= 15 is 0 Å². The predicted octanol–water partition coefficient (Wildman–Crippen LogP) is 2.49. The molecule has 1 atom stereocenters. The van der Waals surface area contributed by atoms with Crippen LogP contribution in [0.1, 0.15) is 5.82 Å². The van der Waals surface area contributed by atoms with Gasteiger partial charge < -0.3 is 14.9 Å². The summed E-state index contributed by atoms with van der Waals surface area (Å²) < 4.78 is 7.00. The van der Waals surface area contributed by atoms with Crippen LogP contribution >= 0.6 is 24.8 Å². The summed E-state index contributed by atoms with van der Waals surface area (Å²) in [6, 6.07) is 8.92. The van der Waals surface area contributed by atoms with Crippen molar-refractivity contribution in [3.63, 3.8) is 0 Å². The third kappa shape index (κ3) is 2.66. The molecule has 0 N–H and O–H groups in total.